The van der Waals surface area contributed by atoms with Crippen molar-refractivity contribution in [3.63, 3.8) is 0 Å². The second-order valence-corrected chi connectivity index (χ2v) is 8.89. The van der Waals surface area contributed by atoms with Gasteiger partial charge in [0.1, 0.15) is 0 Å². The highest BCUT2D eigenvalue weighted by Crippen LogP contribution is 2.41. The largest absolute Gasteiger partial charge is 0.416 e. The quantitative estimate of drug-likeness (QED) is 0.815. The highest BCUT2D eigenvalue weighted by Gasteiger charge is 2.37. The minimum Gasteiger partial charge on any atom is -0.210 e. The Bertz CT molecular complexity index is 807. The summed E-state index contributed by atoms with van der Waals surface area (Å²) in [7, 11) is -3.85. The van der Waals surface area contributed by atoms with Gasteiger partial charge in [-0.25, -0.2) is 13.1 Å². The van der Waals surface area contributed by atoms with E-state index in [1.54, 1.807) is 11.3 Å². The summed E-state index contributed by atoms with van der Waals surface area (Å²) in [5.41, 5.74) is 0.0426. The molecule has 3 rings (SSSR count). The van der Waals surface area contributed by atoms with Gasteiger partial charge in [-0.2, -0.15) is 24.5 Å². The van der Waals surface area contributed by atoms with E-state index in [0.717, 1.165) is 55.5 Å². The van der Waals surface area contributed by atoms with E-state index >= 15 is 0 Å². The second kappa shape index (κ2) is 6.74. The molecule has 0 aliphatic heterocycles. The summed E-state index contributed by atoms with van der Waals surface area (Å²) in [6.07, 6.45) is -0.600. The molecule has 25 heavy (non-hydrogen) atoms. The van der Waals surface area contributed by atoms with Crippen LogP contribution in [-0.4, -0.2) is 15.0 Å². The highest BCUT2D eigenvalue weighted by molar-refractivity contribution is 7.89. The van der Waals surface area contributed by atoms with Crippen molar-refractivity contribution < 1.29 is 21.6 Å². The molecule has 136 valence electrons. The summed E-state index contributed by atoms with van der Waals surface area (Å²) in [5.74, 6) is 0. The molecule has 0 spiro atoms. The number of benzene rings is 1. The lowest BCUT2D eigenvalue weighted by atomic mass is 9.81. The Kier molecular flexibility index (Phi) is 4.96. The van der Waals surface area contributed by atoms with E-state index < -0.39 is 21.8 Å². The molecule has 3 nitrogen and oxygen atoms in total. The molecule has 1 heterocycles. The van der Waals surface area contributed by atoms with Gasteiger partial charge < -0.3 is 0 Å². The molecule has 1 saturated carbocycles. The third kappa shape index (κ3) is 3.91. The van der Waals surface area contributed by atoms with Gasteiger partial charge in [0.25, 0.3) is 0 Å². The second-order valence-electron chi connectivity index (χ2n) is 6.35. The maximum atomic E-state index is 12.6. The van der Waals surface area contributed by atoms with E-state index in [1.165, 1.54) is 0 Å². The molecular weight excluding hydrogens is 371 g/mol. The average Bonchev–Trinajstić information content (AvgIpc) is 3.24. The zero-order chi connectivity index (χ0) is 18.1. The molecule has 1 N–H and O–H groups in total. The van der Waals surface area contributed by atoms with Crippen molar-refractivity contribution in [3.05, 3.63) is 52.2 Å². The number of sulfonamides is 1. The molecule has 2 aromatic rings. The molecule has 0 radical (unpaired) electrons. The van der Waals surface area contributed by atoms with Gasteiger partial charge in [-0.3, -0.25) is 0 Å². The summed E-state index contributed by atoms with van der Waals surface area (Å²) >= 11 is 1.57. The van der Waals surface area contributed by atoms with Crippen molar-refractivity contribution in [2.75, 3.05) is 6.54 Å². The number of halogens is 3. The van der Waals surface area contributed by atoms with E-state index in [1.807, 2.05) is 16.8 Å². The topological polar surface area (TPSA) is 46.2 Å². The fraction of sp³-hybridized carbons (Fsp3) is 0.412. The van der Waals surface area contributed by atoms with Gasteiger partial charge in [-0.15, -0.1) is 0 Å². The molecule has 1 aliphatic carbocycles. The van der Waals surface area contributed by atoms with Crippen molar-refractivity contribution in [3.8, 4) is 0 Å². The van der Waals surface area contributed by atoms with Crippen molar-refractivity contribution in [1.29, 1.82) is 0 Å². The monoisotopic (exact) mass is 389 g/mol. The third-order valence-corrected chi connectivity index (χ3v) is 6.89. The first-order valence-corrected chi connectivity index (χ1v) is 10.4. The molecule has 1 fully saturated rings. The van der Waals surface area contributed by atoms with Crippen molar-refractivity contribution in [1.82, 2.24) is 4.72 Å². The van der Waals surface area contributed by atoms with Crippen molar-refractivity contribution >= 4 is 21.4 Å². The lowest BCUT2D eigenvalue weighted by molar-refractivity contribution is -0.137. The maximum absolute atomic E-state index is 12.6. The lowest BCUT2D eigenvalue weighted by Crippen LogP contribution is -2.38. The van der Waals surface area contributed by atoms with Gasteiger partial charge in [-0.05, 0) is 59.5 Å². The van der Waals surface area contributed by atoms with Crippen LogP contribution in [0.5, 0.6) is 0 Å². The molecule has 0 atom stereocenters. The van der Waals surface area contributed by atoms with Crippen LogP contribution in [0.4, 0.5) is 13.2 Å². The number of thiophene rings is 1. The van der Waals surface area contributed by atoms with Crippen molar-refractivity contribution in [2.24, 2.45) is 0 Å². The zero-order valence-corrected chi connectivity index (χ0v) is 15.0. The fourth-order valence-corrected chi connectivity index (χ4v) is 5.23. The highest BCUT2D eigenvalue weighted by atomic mass is 32.2. The normalized spacial score (nSPS) is 17.7. The van der Waals surface area contributed by atoms with Crippen molar-refractivity contribution in [2.45, 2.75) is 42.2 Å². The van der Waals surface area contributed by atoms with E-state index in [-0.39, 0.29) is 16.9 Å². The first kappa shape index (κ1) is 18.4. The Morgan fingerprint density at radius 3 is 2.24 bits per heavy atom. The van der Waals surface area contributed by atoms with Crippen LogP contribution in [0.3, 0.4) is 0 Å². The van der Waals surface area contributed by atoms with Crippen LogP contribution in [0, 0.1) is 0 Å². The molecule has 0 unspecified atom stereocenters. The summed E-state index contributed by atoms with van der Waals surface area (Å²) in [6, 6.07) is 5.59. The molecule has 0 saturated heterocycles. The molecule has 1 aliphatic rings. The lowest BCUT2D eigenvalue weighted by Gasteiger charge is -2.28. The number of rotatable bonds is 5. The van der Waals surface area contributed by atoms with Gasteiger partial charge in [-0.1, -0.05) is 12.8 Å². The minimum absolute atomic E-state index is 0.154. The molecule has 8 heteroatoms. The predicted octanol–water partition coefficient (Wildman–Crippen LogP) is 4.56. The zero-order valence-electron chi connectivity index (χ0n) is 13.3. The van der Waals surface area contributed by atoms with E-state index in [4.69, 9.17) is 0 Å². The number of hydrogen-bond acceptors (Lipinski definition) is 3. The first-order chi connectivity index (χ1) is 11.7. The van der Waals surface area contributed by atoms with Crippen LogP contribution in [0.2, 0.25) is 0 Å². The standard InChI is InChI=1S/C17H18F3NO2S2/c18-17(19,20)13-3-5-15(6-4-13)25(22,23)21-12-16(8-1-2-9-16)14-7-10-24-11-14/h3-7,10-11,21H,1-2,8-9,12H2. The number of nitrogens with one attached hydrogen (secondary N) is 1. The van der Waals surface area contributed by atoms with E-state index in [0.29, 0.717) is 0 Å². The number of alkyl halides is 3. The van der Waals surface area contributed by atoms with Crippen LogP contribution in [-0.2, 0) is 21.6 Å². The molecule has 1 aromatic heterocycles. The average molecular weight is 389 g/mol. The number of hydrogen-bond donors (Lipinski definition) is 1. The van der Waals surface area contributed by atoms with E-state index in [9.17, 15) is 21.6 Å². The SMILES string of the molecule is O=S(=O)(NCC1(c2ccsc2)CCCC1)c1ccc(C(F)(F)F)cc1. The van der Waals surface area contributed by atoms with Crippen LogP contribution in [0.25, 0.3) is 0 Å². The van der Waals surface area contributed by atoms with Gasteiger partial charge >= 0.3 is 6.18 Å². The molecular formula is C17H18F3NO2S2. The minimum atomic E-state index is -4.48. The van der Waals surface area contributed by atoms with Crippen LogP contribution >= 0.6 is 11.3 Å². The molecule has 1 aromatic carbocycles. The first-order valence-electron chi connectivity index (χ1n) is 7.93. The summed E-state index contributed by atoms with van der Waals surface area (Å²) in [5, 5.41) is 4.01. The summed E-state index contributed by atoms with van der Waals surface area (Å²) in [6.45, 7) is 0.257. The summed E-state index contributed by atoms with van der Waals surface area (Å²) in [4.78, 5) is -0.154. The summed E-state index contributed by atoms with van der Waals surface area (Å²) < 4.78 is 65.4. The Labute approximate surface area is 148 Å². The Balaban J connectivity index is 1.77. The molecule has 0 amide bonds. The van der Waals surface area contributed by atoms with E-state index in [2.05, 4.69) is 4.72 Å². The Morgan fingerprint density at radius 2 is 1.72 bits per heavy atom. The van der Waals surface area contributed by atoms with Crippen LogP contribution in [0.15, 0.2) is 46.0 Å². The molecule has 0 bridgehead atoms. The van der Waals surface area contributed by atoms with Gasteiger partial charge in [0.15, 0.2) is 0 Å². The van der Waals surface area contributed by atoms with Crippen LogP contribution < -0.4 is 4.72 Å². The predicted molar refractivity (Wildman–Crippen MR) is 91.1 cm³/mol. The van der Waals surface area contributed by atoms with Crippen LogP contribution in [0.1, 0.15) is 36.8 Å². The Morgan fingerprint density at radius 1 is 1.08 bits per heavy atom. The third-order valence-electron chi connectivity index (χ3n) is 4.79. The van der Waals surface area contributed by atoms with Gasteiger partial charge in [0, 0.05) is 12.0 Å². The van der Waals surface area contributed by atoms with Gasteiger partial charge in [0.05, 0.1) is 10.5 Å². The fourth-order valence-electron chi connectivity index (χ4n) is 3.33. The Hall–Kier alpha value is -1.38. The smallest absolute Gasteiger partial charge is 0.210 e. The maximum Gasteiger partial charge on any atom is 0.416 e. The van der Waals surface area contributed by atoms with Gasteiger partial charge in [0.2, 0.25) is 10.0 Å².